The number of carbonyl (C=O) groups excluding carboxylic acids is 3. The highest BCUT2D eigenvalue weighted by molar-refractivity contribution is 6.08. The largest absolute Gasteiger partial charge is 0.457 e. The van der Waals surface area contributed by atoms with Crippen molar-refractivity contribution >= 4 is 17.9 Å². The van der Waals surface area contributed by atoms with Crippen molar-refractivity contribution in [3.63, 3.8) is 0 Å². The monoisotopic (exact) mass is 361 g/mol. The Balaban J connectivity index is 2.11. The Morgan fingerprint density at radius 2 is 2.04 bits per heavy atom. The zero-order chi connectivity index (χ0) is 19.7. The van der Waals surface area contributed by atoms with Crippen molar-refractivity contribution in [3.8, 4) is 5.75 Å². The third-order valence-electron chi connectivity index (χ3n) is 3.96. The summed E-state index contributed by atoms with van der Waals surface area (Å²) in [6.07, 6.45) is 1.61. The van der Waals surface area contributed by atoms with Crippen molar-refractivity contribution in [1.82, 2.24) is 15.2 Å². The van der Waals surface area contributed by atoms with Gasteiger partial charge in [0.1, 0.15) is 11.5 Å². The van der Waals surface area contributed by atoms with Crippen LogP contribution in [0.25, 0.3) is 0 Å². The maximum atomic E-state index is 12.7. The van der Waals surface area contributed by atoms with Crippen LogP contribution in [0, 0.1) is 12.3 Å². The molecule has 8 heteroatoms. The molecule has 1 aliphatic rings. The van der Waals surface area contributed by atoms with Crippen molar-refractivity contribution in [2.45, 2.75) is 40.2 Å². The number of carbonyl (C=O) groups is 3. The second kappa shape index (κ2) is 6.78. The molecule has 140 valence electrons. The van der Waals surface area contributed by atoms with Crippen LogP contribution >= 0.6 is 0 Å². The first-order valence-electron chi connectivity index (χ1n) is 8.07. The fourth-order valence-corrected chi connectivity index (χ4v) is 2.16. The molecule has 2 heterocycles. The van der Waals surface area contributed by atoms with Crippen LogP contribution in [0.2, 0.25) is 0 Å². The number of amides is 3. The molecular weight excluding hydrogens is 338 g/mol. The Kier molecular flexibility index (Phi) is 5.06. The lowest BCUT2D eigenvalue weighted by Crippen LogP contribution is -2.47. The summed E-state index contributed by atoms with van der Waals surface area (Å²) in [6.45, 7) is 11.6. The van der Waals surface area contributed by atoms with Crippen LogP contribution in [0.4, 0.5) is 4.79 Å². The standard InChI is InChI=1S/C18H23N3O5/c1-11-13(8-7-9-19-11)26-12(2)18(6)14(22)21(16(24)20-18)10-25-15(23)17(3,4)5/h7-9H,2,10H2,1,3-6H3,(H,20,24)/t18-/m0/s1. The molecule has 1 aromatic heterocycles. The van der Waals surface area contributed by atoms with Gasteiger partial charge in [0.25, 0.3) is 5.91 Å². The van der Waals surface area contributed by atoms with Gasteiger partial charge in [0, 0.05) is 6.20 Å². The van der Waals surface area contributed by atoms with E-state index in [9.17, 15) is 14.4 Å². The molecule has 0 aromatic carbocycles. The Labute approximate surface area is 152 Å². The molecule has 0 saturated carbocycles. The van der Waals surface area contributed by atoms with Gasteiger partial charge < -0.3 is 14.8 Å². The highest BCUT2D eigenvalue weighted by Crippen LogP contribution is 2.28. The Morgan fingerprint density at radius 1 is 1.38 bits per heavy atom. The fraction of sp³-hybridized carbons (Fsp3) is 0.444. The summed E-state index contributed by atoms with van der Waals surface area (Å²) >= 11 is 0. The number of aromatic nitrogens is 1. The molecule has 1 atom stereocenters. The highest BCUT2D eigenvalue weighted by atomic mass is 16.5. The summed E-state index contributed by atoms with van der Waals surface area (Å²) in [5, 5.41) is 2.53. The van der Waals surface area contributed by atoms with Gasteiger partial charge in [-0.15, -0.1) is 0 Å². The van der Waals surface area contributed by atoms with E-state index < -0.39 is 35.6 Å². The molecule has 0 spiro atoms. The molecule has 0 unspecified atom stereocenters. The van der Waals surface area contributed by atoms with Gasteiger partial charge in [-0.05, 0) is 46.8 Å². The molecule has 0 bridgehead atoms. The molecule has 1 aromatic rings. The molecule has 1 N–H and O–H groups in total. The molecule has 1 saturated heterocycles. The summed E-state index contributed by atoms with van der Waals surface area (Å²) in [5.41, 5.74) is -1.61. The first-order valence-corrected chi connectivity index (χ1v) is 8.07. The highest BCUT2D eigenvalue weighted by Gasteiger charge is 2.51. The van der Waals surface area contributed by atoms with E-state index in [-0.39, 0.29) is 5.76 Å². The predicted molar refractivity (Wildman–Crippen MR) is 92.9 cm³/mol. The molecule has 8 nitrogen and oxygen atoms in total. The fourth-order valence-electron chi connectivity index (χ4n) is 2.16. The molecule has 0 radical (unpaired) electrons. The van der Waals surface area contributed by atoms with Crippen molar-refractivity contribution in [2.75, 3.05) is 6.73 Å². The lowest BCUT2D eigenvalue weighted by molar-refractivity contribution is -0.158. The van der Waals surface area contributed by atoms with Crippen LogP contribution in [0.5, 0.6) is 5.75 Å². The smallest absolute Gasteiger partial charge is 0.328 e. The summed E-state index contributed by atoms with van der Waals surface area (Å²) in [7, 11) is 0. The second-order valence-electron chi connectivity index (χ2n) is 7.21. The third kappa shape index (κ3) is 3.68. The van der Waals surface area contributed by atoms with Gasteiger partial charge in [-0.1, -0.05) is 6.58 Å². The lowest BCUT2D eigenvalue weighted by atomic mass is 9.97. The Morgan fingerprint density at radius 3 is 2.62 bits per heavy atom. The van der Waals surface area contributed by atoms with Crippen LogP contribution in [0.1, 0.15) is 33.4 Å². The van der Waals surface area contributed by atoms with E-state index in [0.29, 0.717) is 11.4 Å². The zero-order valence-electron chi connectivity index (χ0n) is 15.6. The van der Waals surface area contributed by atoms with E-state index in [1.54, 1.807) is 46.0 Å². The minimum absolute atomic E-state index is 0.0385. The first-order chi connectivity index (χ1) is 12.0. The number of imide groups is 1. The van der Waals surface area contributed by atoms with E-state index >= 15 is 0 Å². The second-order valence-corrected chi connectivity index (χ2v) is 7.21. The average molecular weight is 361 g/mol. The lowest BCUT2D eigenvalue weighted by Gasteiger charge is -2.24. The number of aryl methyl sites for hydroxylation is 1. The van der Waals surface area contributed by atoms with Crippen LogP contribution < -0.4 is 10.1 Å². The number of hydrogen-bond acceptors (Lipinski definition) is 6. The Bertz CT molecular complexity index is 768. The van der Waals surface area contributed by atoms with Gasteiger partial charge in [-0.25, -0.2) is 9.69 Å². The average Bonchev–Trinajstić information content (AvgIpc) is 2.77. The zero-order valence-corrected chi connectivity index (χ0v) is 15.6. The number of ether oxygens (including phenoxy) is 2. The summed E-state index contributed by atoms with van der Waals surface area (Å²) in [4.78, 5) is 41.7. The van der Waals surface area contributed by atoms with Crippen molar-refractivity contribution < 1.29 is 23.9 Å². The molecular formula is C18H23N3O5. The number of rotatable bonds is 5. The van der Waals surface area contributed by atoms with Gasteiger partial charge in [0.15, 0.2) is 12.3 Å². The van der Waals surface area contributed by atoms with Gasteiger partial charge in [-0.3, -0.25) is 14.6 Å². The van der Waals surface area contributed by atoms with Crippen LogP contribution in [-0.4, -0.2) is 40.1 Å². The van der Waals surface area contributed by atoms with E-state index in [1.165, 1.54) is 6.92 Å². The normalized spacial score (nSPS) is 20.0. The first kappa shape index (κ1) is 19.4. The SMILES string of the molecule is C=C(Oc1cccnc1C)[C@]1(C)NC(=O)N(COC(=O)C(C)(C)C)C1=O. The quantitative estimate of drug-likeness (QED) is 0.490. The summed E-state index contributed by atoms with van der Waals surface area (Å²) in [5.74, 6) is -0.668. The number of nitrogens with zero attached hydrogens (tertiary/aromatic N) is 2. The van der Waals surface area contributed by atoms with Crippen LogP contribution in [-0.2, 0) is 14.3 Å². The predicted octanol–water partition coefficient (Wildman–Crippen LogP) is 2.14. The van der Waals surface area contributed by atoms with Crippen LogP contribution in [0.3, 0.4) is 0 Å². The van der Waals surface area contributed by atoms with Gasteiger partial charge in [0.2, 0.25) is 0 Å². The van der Waals surface area contributed by atoms with E-state index in [2.05, 4.69) is 16.9 Å². The van der Waals surface area contributed by atoms with Crippen molar-refractivity contribution in [3.05, 3.63) is 36.4 Å². The van der Waals surface area contributed by atoms with E-state index in [4.69, 9.17) is 9.47 Å². The molecule has 0 aliphatic carbocycles. The number of hydrogen-bond donors (Lipinski definition) is 1. The van der Waals surface area contributed by atoms with Crippen molar-refractivity contribution in [2.24, 2.45) is 5.41 Å². The van der Waals surface area contributed by atoms with Crippen molar-refractivity contribution in [1.29, 1.82) is 0 Å². The Hall–Kier alpha value is -2.90. The van der Waals surface area contributed by atoms with E-state index in [0.717, 1.165) is 4.90 Å². The number of nitrogens with one attached hydrogen (secondary N) is 1. The third-order valence-corrected chi connectivity index (χ3v) is 3.96. The minimum atomic E-state index is -1.48. The molecule has 1 fully saturated rings. The minimum Gasteiger partial charge on any atom is -0.457 e. The van der Waals surface area contributed by atoms with Gasteiger partial charge in [0.05, 0.1) is 11.1 Å². The molecule has 1 aliphatic heterocycles. The maximum Gasteiger partial charge on any atom is 0.328 e. The summed E-state index contributed by atoms with van der Waals surface area (Å²) < 4.78 is 10.7. The molecule has 3 amide bonds. The molecule has 26 heavy (non-hydrogen) atoms. The number of esters is 1. The van der Waals surface area contributed by atoms with Gasteiger partial charge in [-0.2, -0.15) is 0 Å². The van der Waals surface area contributed by atoms with E-state index in [1.807, 2.05) is 0 Å². The topological polar surface area (TPSA) is 97.8 Å². The summed E-state index contributed by atoms with van der Waals surface area (Å²) in [6, 6.07) is 2.68. The maximum absolute atomic E-state index is 12.7. The van der Waals surface area contributed by atoms with Gasteiger partial charge >= 0.3 is 12.0 Å². The number of pyridine rings is 1. The van der Waals surface area contributed by atoms with Crippen LogP contribution in [0.15, 0.2) is 30.7 Å². The molecule has 2 rings (SSSR count). The number of urea groups is 1.